The Bertz CT molecular complexity index is 492. The zero-order chi connectivity index (χ0) is 15.8. The maximum atomic E-state index is 12.5. The van der Waals surface area contributed by atoms with E-state index in [4.69, 9.17) is 11.6 Å². The molecular weight excluding hydrogens is 292 g/mol. The lowest BCUT2D eigenvalue weighted by molar-refractivity contribution is -0.140. The van der Waals surface area contributed by atoms with Gasteiger partial charge in [0.15, 0.2) is 0 Å². The molecular formula is C15H21ClN2O3. The number of hydrogen-bond acceptors (Lipinski definition) is 4. The number of hydrogen-bond donors (Lipinski definition) is 0. The van der Waals surface area contributed by atoms with Crippen molar-refractivity contribution in [2.75, 3.05) is 40.8 Å². The molecule has 0 bridgehead atoms. The van der Waals surface area contributed by atoms with Gasteiger partial charge in [0.2, 0.25) is 0 Å². The van der Waals surface area contributed by atoms with Crippen molar-refractivity contribution >= 4 is 23.5 Å². The molecule has 21 heavy (non-hydrogen) atoms. The lowest BCUT2D eigenvalue weighted by atomic mass is 10.2. The molecule has 0 aliphatic rings. The van der Waals surface area contributed by atoms with Crippen LogP contribution in [0.15, 0.2) is 24.3 Å². The van der Waals surface area contributed by atoms with Crippen molar-refractivity contribution in [2.45, 2.75) is 6.42 Å². The van der Waals surface area contributed by atoms with Gasteiger partial charge in [0.1, 0.15) is 0 Å². The van der Waals surface area contributed by atoms with Gasteiger partial charge in [-0.3, -0.25) is 9.59 Å². The first-order chi connectivity index (χ1) is 9.95. The topological polar surface area (TPSA) is 49.9 Å². The zero-order valence-corrected chi connectivity index (χ0v) is 13.4. The van der Waals surface area contributed by atoms with Gasteiger partial charge in [-0.25, -0.2) is 0 Å². The Balaban J connectivity index is 2.81. The molecule has 0 heterocycles. The average Bonchev–Trinajstić information content (AvgIpc) is 2.46. The first kappa shape index (κ1) is 17.5. The van der Waals surface area contributed by atoms with Crippen LogP contribution in [-0.4, -0.2) is 62.5 Å². The largest absolute Gasteiger partial charge is 0.469 e. The van der Waals surface area contributed by atoms with Crippen molar-refractivity contribution in [3.8, 4) is 0 Å². The van der Waals surface area contributed by atoms with E-state index in [2.05, 4.69) is 4.74 Å². The normalized spacial score (nSPS) is 10.5. The molecule has 1 aromatic carbocycles. The van der Waals surface area contributed by atoms with Gasteiger partial charge in [-0.2, -0.15) is 0 Å². The van der Waals surface area contributed by atoms with E-state index in [1.165, 1.54) is 7.11 Å². The van der Waals surface area contributed by atoms with Crippen LogP contribution in [0.25, 0.3) is 0 Å². The molecule has 116 valence electrons. The average molecular weight is 313 g/mol. The Morgan fingerprint density at radius 2 is 1.81 bits per heavy atom. The maximum absolute atomic E-state index is 12.5. The van der Waals surface area contributed by atoms with Crippen LogP contribution in [0.1, 0.15) is 16.8 Å². The number of likely N-dealkylation sites (N-methyl/N-ethyl adjacent to an activating group) is 1. The lowest BCUT2D eigenvalue weighted by Gasteiger charge is -2.24. The predicted octanol–water partition coefficient (Wildman–Crippen LogP) is 1.91. The Morgan fingerprint density at radius 1 is 1.14 bits per heavy atom. The summed E-state index contributed by atoms with van der Waals surface area (Å²) in [7, 11) is 5.19. The summed E-state index contributed by atoms with van der Waals surface area (Å²) in [6, 6.07) is 6.91. The fourth-order valence-electron chi connectivity index (χ4n) is 1.77. The van der Waals surface area contributed by atoms with Crippen molar-refractivity contribution < 1.29 is 14.3 Å². The molecule has 0 saturated heterocycles. The van der Waals surface area contributed by atoms with E-state index < -0.39 is 0 Å². The Kier molecular flexibility index (Phi) is 7.19. The molecule has 6 heteroatoms. The monoisotopic (exact) mass is 312 g/mol. The van der Waals surface area contributed by atoms with Gasteiger partial charge in [0, 0.05) is 19.6 Å². The Labute approximate surface area is 130 Å². The van der Waals surface area contributed by atoms with E-state index in [9.17, 15) is 9.59 Å². The van der Waals surface area contributed by atoms with Crippen LogP contribution in [0.3, 0.4) is 0 Å². The van der Waals surface area contributed by atoms with E-state index in [1.54, 1.807) is 29.2 Å². The molecule has 0 N–H and O–H groups in total. The number of ether oxygens (including phenoxy) is 1. The van der Waals surface area contributed by atoms with E-state index in [0.29, 0.717) is 30.2 Å². The number of nitrogens with zero attached hydrogens (tertiary/aromatic N) is 2. The highest BCUT2D eigenvalue weighted by Crippen LogP contribution is 2.17. The summed E-state index contributed by atoms with van der Waals surface area (Å²) in [6.07, 6.45) is 0.167. The first-order valence-electron chi connectivity index (χ1n) is 6.71. The second-order valence-corrected chi connectivity index (χ2v) is 5.31. The molecule has 1 aromatic rings. The molecule has 0 spiro atoms. The molecule has 5 nitrogen and oxygen atoms in total. The number of halogens is 1. The van der Waals surface area contributed by atoms with Gasteiger partial charge in [-0.1, -0.05) is 23.7 Å². The molecule has 0 aliphatic heterocycles. The van der Waals surface area contributed by atoms with Crippen LogP contribution >= 0.6 is 11.6 Å². The van der Waals surface area contributed by atoms with Crippen molar-refractivity contribution in [3.05, 3.63) is 34.9 Å². The predicted molar refractivity (Wildman–Crippen MR) is 82.5 cm³/mol. The minimum Gasteiger partial charge on any atom is -0.469 e. The molecule has 0 saturated carbocycles. The van der Waals surface area contributed by atoms with Crippen LogP contribution in [0.5, 0.6) is 0 Å². The molecule has 0 fully saturated rings. The number of amides is 1. The van der Waals surface area contributed by atoms with Crippen LogP contribution in [0.2, 0.25) is 5.02 Å². The number of rotatable bonds is 7. The van der Waals surface area contributed by atoms with E-state index in [0.717, 1.165) is 0 Å². The smallest absolute Gasteiger partial charge is 0.307 e. The van der Waals surface area contributed by atoms with Gasteiger partial charge in [-0.15, -0.1) is 0 Å². The minimum absolute atomic E-state index is 0.167. The Morgan fingerprint density at radius 3 is 2.38 bits per heavy atom. The molecule has 0 atom stereocenters. The molecule has 1 amide bonds. The third kappa shape index (κ3) is 5.73. The molecule has 0 aromatic heterocycles. The molecule has 0 unspecified atom stereocenters. The summed E-state index contributed by atoms with van der Waals surface area (Å²) in [5, 5.41) is 0.412. The first-order valence-corrected chi connectivity index (χ1v) is 7.09. The van der Waals surface area contributed by atoms with Gasteiger partial charge >= 0.3 is 5.97 Å². The number of esters is 1. The number of benzene rings is 1. The number of carbonyl (C=O) groups is 2. The van der Waals surface area contributed by atoms with Gasteiger partial charge in [0.25, 0.3) is 5.91 Å². The number of carbonyl (C=O) groups excluding carboxylic acids is 2. The summed E-state index contributed by atoms with van der Waals surface area (Å²) in [5.41, 5.74) is 0.447. The highest BCUT2D eigenvalue weighted by Gasteiger charge is 2.19. The summed E-state index contributed by atoms with van der Waals surface area (Å²) < 4.78 is 4.62. The van der Waals surface area contributed by atoms with Gasteiger partial charge in [0.05, 0.1) is 24.1 Å². The van der Waals surface area contributed by atoms with E-state index in [1.807, 2.05) is 19.0 Å². The third-order valence-electron chi connectivity index (χ3n) is 3.02. The third-order valence-corrected chi connectivity index (χ3v) is 3.35. The van der Waals surface area contributed by atoms with Crippen molar-refractivity contribution in [1.29, 1.82) is 0 Å². The van der Waals surface area contributed by atoms with Crippen LogP contribution in [-0.2, 0) is 9.53 Å². The molecule has 0 radical (unpaired) electrons. The quantitative estimate of drug-likeness (QED) is 0.722. The fraction of sp³-hybridized carbons (Fsp3) is 0.467. The standard InChI is InChI=1S/C15H21ClN2O3/c1-17(2)10-11-18(9-8-14(19)21-3)15(20)12-6-4-5-7-13(12)16/h4-7H,8-11H2,1-3H3. The summed E-state index contributed by atoms with van der Waals surface area (Å²) in [5.74, 6) is -0.511. The Hall–Kier alpha value is -1.59. The summed E-state index contributed by atoms with van der Waals surface area (Å²) in [4.78, 5) is 27.4. The number of methoxy groups -OCH3 is 1. The second kappa shape index (κ2) is 8.64. The highest BCUT2D eigenvalue weighted by atomic mass is 35.5. The van der Waals surface area contributed by atoms with Crippen LogP contribution < -0.4 is 0 Å². The maximum Gasteiger partial charge on any atom is 0.307 e. The zero-order valence-electron chi connectivity index (χ0n) is 12.6. The summed E-state index contributed by atoms with van der Waals surface area (Å²) in [6.45, 7) is 1.54. The van der Waals surface area contributed by atoms with Crippen molar-refractivity contribution in [2.24, 2.45) is 0 Å². The molecule has 0 aliphatic carbocycles. The lowest BCUT2D eigenvalue weighted by Crippen LogP contribution is -2.38. The highest BCUT2D eigenvalue weighted by molar-refractivity contribution is 6.33. The van der Waals surface area contributed by atoms with Crippen molar-refractivity contribution in [3.63, 3.8) is 0 Å². The van der Waals surface area contributed by atoms with Crippen molar-refractivity contribution in [1.82, 2.24) is 9.80 Å². The minimum atomic E-state index is -0.336. The fourth-order valence-corrected chi connectivity index (χ4v) is 1.99. The van der Waals surface area contributed by atoms with Crippen LogP contribution in [0, 0.1) is 0 Å². The van der Waals surface area contributed by atoms with Gasteiger partial charge < -0.3 is 14.5 Å². The summed E-state index contributed by atoms with van der Waals surface area (Å²) >= 11 is 6.07. The SMILES string of the molecule is COC(=O)CCN(CCN(C)C)C(=O)c1ccccc1Cl. The molecule has 1 rings (SSSR count). The van der Waals surface area contributed by atoms with E-state index in [-0.39, 0.29) is 18.3 Å². The van der Waals surface area contributed by atoms with Gasteiger partial charge in [-0.05, 0) is 26.2 Å². The van der Waals surface area contributed by atoms with Crippen LogP contribution in [0.4, 0.5) is 0 Å². The second-order valence-electron chi connectivity index (χ2n) is 4.90. The van der Waals surface area contributed by atoms with E-state index >= 15 is 0 Å².